The van der Waals surface area contributed by atoms with Gasteiger partial charge in [0.2, 0.25) is 0 Å². The van der Waals surface area contributed by atoms with Gasteiger partial charge in [-0.3, -0.25) is 4.79 Å². The fourth-order valence-electron chi connectivity index (χ4n) is 2.23. The van der Waals surface area contributed by atoms with Gasteiger partial charge < -0.3 is 15.7 Å². The summed E-state index contributed by atoms with van der Waals surface area (Å²) in [5.41, 5.74) is 0.423. The molecule has 0 atom stereocenters. The van der Waals surface area contributed by atoms with Crippen LogP contribution in [0.25, 0.3) is 0 Å². The first-order valence-corrected chi connectivity index (χ1v) is 6.80. The smallest absolute Gasteiger partial charge is 0.253 e. The van der Waals surface area contributed by atoms with Crippen LogP contribution < -0.4 is 10.6 Å². The van der Waals surface area contributed by atoms with Crippen molar-refractivity contribution in [3.63, 3.8) is 0 Å². The lowest BCUT2D eigenvalue weighted by molar-refractivity contribution is 0.0867. The molecule has 0 unspecified atom stereocenters. The van der Waals surface area contributed by atoms with Crippen molar-refractivity contribution in [2.45, 2.75) is 37.8 Å². The lowest BCUT2D eigenvalue weighted by Gasteiger charge is -2.26. The van der Waals surface area contributed by atoms with Gasteiger partial charge in [-0.1, -0.05) is 11.6 Å². The van der Waals surface area contributed by atoms with E-state index < -0.39 is 0 Å². The zero-order valence-corrected chi connectivity index (χ0v) is 11.6. The van der Waals surface area contributed by atoms with Crippen LogP contribution >= 0.6 is 11.6 Å². The number of amides is 1. The molecule has 0 saturated heterocycles. The number of hydrogen-bond donors (Lipinski definition) is 3. The molecule has 0 bridgehead atoms. The Labute approximate surface area is 117 Å². The van der Waals surface area contributed by atoms with Gasteiger partial charge in [-0.05, 0) is 31.7 Å². The van der Waals surface area contributed by atoms with Gasteiger partial charge >= 0.3 is 0 Å². The molecule has 6 heteroatoms. The van der Waals surface area contributed by atoms with Crippen LogP contribution in [-0.2, 0) is 0 Å². The number of anilines is 1. The summed E-state index contributed by atoms with van der Waals surface area (Å²) in [6.45, 7) is 0. The van der Waals surface area contributed by atoms with Crippen molar-refractivity contribution < 1.29 is 9.90 Å². The fourth-order valence-corrected chi connectivity index (χ4v) is 2.42. The van der Waals surface area contributed by atoms with Crippen LogP contribution in [0.1, 0.15) is 36.0 Å². The molecule has 1 heterocycles. The Balaban J connectivity index is 2.03. The molecule has 0 spiro atoms. The highest BCUT2D eigenvalue weighted by Crippen LogP contribution is 2.21. The molecule has 104 valence electrons. The van der Waals surface area contributed by atoms with E-state index in [-0.39, 0.29) is 18.1 Å². The molecule has 2 rings (SSSR count). The first-order chi connectivity index (χ1) is 9.10. The van der Waals surface area contributed by atoms with Gasteiger partial charge in [-0.2, -0.15) is 0 Å². The van der Waals surface area contributed by atoms with E-state index in [0.717, 1.165) is 25.7 Å². The maximum Gasteiger partial charge on any atom is 0.253 e. The lowest BCUT2D eigenvalue weighted by atomic mass is 9.93. The number of carbonyl (C=O) groups is 1. The number of nitrogens with one attached hydrogen (secondary N) is 2. The quantitative estimate of drug-likeness (QED) is 0.791. The van der Waals surface area contributed by atoms with Crippen LogP contribution in [0.4, 0.5) is 5.82 Å². The van der Waals surface area contributed by atoms with Gasteiger partial charge in [0.25, 0.3) is 5.91 Å². The average molecular weight is 284 g/mol. The number of aliphatic hydroxyl groups excluding tert-OH is 1. The highest BCUT2D eigenvalue weighted by Gasteiger charge is 2.22. The third-order valence-electron chi connectivity index (χ3n) is 3.39. The summed E-state index contributed by atoms with van der Waals surface area (Å²) in [5, 5.41) is 15.6. The van der Waals surface area contributed by atoms with Crippen LogP contribution in [0, 0.1) is 0 Å². The van der Waals surface area contributed by atoms with Crippen LogP contribution in [-0.4, -0.2) is 35.2 Å². The maximum atomic E-state index is 12.2. The molecule has 1 aliphatic rings. The van der Waals surface area contributed by atoms with Crippen molar-refractivity contribution in [2.75, 3.05) is 12.4 Å². The second-order valence-electron chi connectivity index (χ2n) is 4.78. The number of aromatic nitrogens is 1. The number of pyridine rings is 1. The molecular formula is C13H18ClN3O2. The summed E-state index contributed by atoms with van der Waals surface area (Å²) >= 11 is 6.00. The molecule has 1 amide bonds. The zero-order valence-electron chi connectivity index (χ0n) is 10.8. The summed E-state index contributed by atoms with van der Waals surface area (Å²) in [7, 11) is 1.74. The predicted octanol–water partition coefficient (Wildman–Crippen LogP) is 1.81. The van der Waals surface area contributed by atoms with Crippen molar-refractivity contribution in [3.8, 4) is 0 Å². The predicted molar refractivity (Wildman–Crippen MR) is 74.5 cm³/mol. The highest BCUT2D eigenvalue weighted by atomic mass is 35.5. The molecule has 1 saturated carbocycles. The lowest BCUT2D eigenvalue weighted by Crippen LogP contribution is -2.38. The van der Waals surface area contributed by atoms with Gasteiger partial charge in [0.15, 0.2) is 0 Å². The largest absolute Gasteiger partial charge is 0.393 e. The number of halogens is 1. The second-order valence-corrected chi connectivity index (χ2v) is 5.19. The van der Waals surface area contributed by atoms with Gasteiger partial charge in [-0.15, -0.1) is 0 Å². The Kier molecular flexibility index (Phi) is 4.61. The molecule has 1 fully saturated rings. The van der Waals surface area contributed by atoms with E-state index in [1.54, 1.807) is 13.1 Å². The average Bonchev–Trinajstić information content (AvgIpc) is 2.42. The molecule has 0 aliphatic heterocycles. The number of rotatable bonds is 3. The standard InChI is InChI=1S/C13H18ClN3O2/c1-15-12-6-10(11(14)7-16-12)13(19)17-8-2-4-9(18)5-3-8/h6-9,18H,2-5H2,1H3,(H,15,16)(H,17,19). The number of carbonyl (C=O) groups excluding carboxylic acids is 1. The molecule has 0 radical (unpaired) electrons. The first-order valence-electron chi connectivity index (χ1n) is 6.42. The number of hydrogen-bond acceptors (Lipinski definition) is 4. The summed E-state index contributed by atoms with van der Waals surface area (Å²) in [4.78, 5) is 16.2. The Bertz CT molecular complexity index is 459. The van der Waals surface area contributed by atoms with E-state index in [9.17, 15) is 9.90 Å². The maximum absolute atomic E-state index is 12.2. The molecule has 1 aromatic heterocycles. The van der Waals surface area contributed by atoms with E-state index >= 15 is 0 Å². The third kappa shape index (κ3) is 3.58. The molecule has 0 aromatic carbocycles. The molecule has 1 aromatic rings. The molecule has 3 N–H and O–H groups in total. The van der Waals surface area contributed by atoms with Gasteiger partial charge in [0.05, 0.1) is 16.7 Å². The summed E-state index contributed by atoms with van der Waals surface area (Å²) in [6, 6.07) is 1.74. The van der Waals surface area contributed by atoms with Gasteiger partial charge in [-0.25, -0.2) is 4.98 Å². The van der Waals surface area contributed by atoms with Crippen molar-refractivity contribution in [2.24, 2.45) is 0 Å². The molecule has 19 heavy (non-hydrogen) atoms. The minimum atomic E-state index is -0.228. The van der Waals surface area contributed by atoms with Gasteiger partial charge in [0, 0.05) is 19.3 Å². The summed E-state index contributed by atoms with van der Waals surface area (Å²) in [5.74, 6) is 0.416. The van der Waals surface area contributed by atoms with Crippen molar-refractivity contribution >= 4 is 23.3 Å². The van der Waals surface area contributed by atoms with Crippen LogP contribution in [0.15, 0.2) is 12.3 Å². The Morgan fingerprint density at radius 1 is 1.42 bits per heavy atom. The Morgan fingerprint density at radius 2 is 2.11 bits per heavy atom. The molecule has 5 nitrogen and oxygen atoms in total. The van der Waals surface area contributed by atoms with Crippen LogP contribution in [0.2, 0.25) is 5.02 Å². The first kappa shape index (κ1) is 14.1. The Morgan fingerprint density at radius 3 is 2.74 bits per heavy atom. The van der Waals surface area contributed by atoms with Crippen LogP contribution in [0.3, 0.4) is 0 Å². The summed E-state index contributed by atoms with van der Waals surface area (Å²) in [6.07, 6.45) is 4.30. The minimum absolute atomic E-state index is 0.109. The van der Waals surface area contributed by atoms with E-state index in [1.807, 2.05) is 0 Å². The highest BCUT2D eigenvalue weighted by molar-refractivity contribution is 6.33. The molecule has 1 aliphatic carbocycles. The minimum Gasteiger partial charge on any atom is -0.393 e. The van der Waals surface area contributed by atoms with Crippen molar-refractivity contribution in [1.29, 1.82) is 0 Å². The topological polar surface area (TPSA) is 74.2 Å². The van der Waals surface area contributed by atoms with Crippen molar-refractivity contribution in [3.05, 3.63) is 22.8 Å². The third-order valence-corrected chi connectivity index (χ3v) is 3.69. The van der Waals surface area contributed by atoms with Crippen molar-refractivity contribution in [1.82, 2.24) is 10.3 Å². The fraction of sp³-hybridized carbons (Fsp3) is 0.538. The zero-order chi connectivity index (χ0) is 13.8. The van der Waals surface area contributed by atoms with E-state index in [0.29, 0.717) is 16.4 Å². The van der Waals surface area contributed by atoms with Crippen LogP contribution in [0.5, 0.6) is 0 Å². The van der Waals surface area contributed by atoms with Gasteiger partial charge in [0.1, 0.15) is 5.82 Å². The monoisotopic (exact) mass is 283 g/mol. The second kappa shape index (κ2) is 6.21. The Hall–Kier alpha value is -1.33. The SMILES string of the molecule is CNc1cc(C(=O)NC2CCC(O)CC2)c(Cl)cn1. The van der Waals surface area contributed by atoms with E-state index in [4.69, 9.17) is 11.6 Å². The molecular weight excluding hydrogens is 266 g/mol. The van der Waals surface area contributed by atoms with E-state index in [1.165, 1.54) is 6.20 Å². The number of nitrogens with zero attached hydrogens (tertiary/aromatic N) is 1. The van der Waals surface area contributed by atoms with E-state index in [2.05, 4.69) is 15.6 Å². The normalized spacial score (nSPS) is 22.9. The summed E-state index contributed by atoms with van der Waals surface area (Å²) < 4.78 is 0. The number of aliphatic hydroxyl groups is 1.